The molecule has 2 heterocycles. The van der Waals surface area contributed by atoms with Gasteiger partial charge in [-0.3, -0.25) is 9.59 Å². The van der Waals surface area contributed by atoms with Gasteiger partial charge in [0.25, 0.3) is 5.91 Å². The highest BCUT2D eigenvalue weighted by atomic mass is 79.9. The molecular formula is C23H29BrN2O3. The maximum atomic E-state index is 13.0. The highest BCUT2D eigenvalue weighted by Crippen LogP contribution is 2.65. The van der Waals surface area contributed by atoms with Crippen LogP contribution in [-0.2, 0) is 17.8 Å². The number of Topliss-reactive ketones (excluding diaryl/α,β-unsaturated/α-hetero) is 1. The van der Waals surface area contributed by atoms with E-state index in [0.717, 1.165) is 40.6 Å². The van der Waals surface area contributed by atoms with E-state index < -0.39 is 17.1 Å². The van der Waals surface area contributed by atoms with E-state index in [1.807, 2.05) is 13.8 Å². The quantitative estimate of drug-likeness (QED) is 0.617. The highest BCUT2D eigenvalue weighted by Gasteiger charge is 2.69. The molecule has 156 valence electrons. The topological polar surface area (TPSA) is 81.4 Å². The molecular weight excluding hydrogens is 432 g/mol. The summed E-state index contributed by atoms with van der Waals surface area (Å²) >= 11 is 3.61. The van der Waals surface area contributed by atoms with Crippen molar-refractivity contribution >= 4 is 27.6 Å². The zero-order valence-electron chi connectivity index (χ0n) is 17.5. The van der Waals surface area contributed by atoms with Crippen molar-refractivity contribution in [3.63, 3.8) is 0 Å². The molecule has 2 fully saturated rings. The van der Waals surface area contributed by atoms with Gasteiger partial charge in [0, 0.05) is 39.7 Å². The summed E-state index contributed by atoms with van der Waals surface area (Å²) in [5.74, 6) is 1.50. The summed E-state index contributed by atoms with van der Waals surface area (Å²) in [5, 5.41) is 2.94. The average molecular weight is 461 g/mol. The van der Waals surface area contributed by atoms with Crippen molar-refractivity contribution < 1.29 is 14.3 Å². The van der Waals surface area contributed by atoms with Crippen molar-refractivity contribution in [1.29, 1.82) is 0 Å². The van der Waals surface area contributed by atoms with Crippen LogP contribution in [0.25, 0.3) is 0 Å². The van der Waals surface area contributed by atoms with Gasteiger partial charge >= 0.3 is 0 Å². The van der Waals surface area contributed by atoms with Crippen LogP contribution in [0.15, 0.2) is 10.5 Å². The SMILES string of the molecule is C[C@H]1CC[C@H]2C(C)(C)C(=O)C(N)C[C@]23Oc2c(cc(Br)c4c2CNC4=O)C[C@]13C. The molecule has 4 aliphatic rings. The molecule has 0 aromatic heterocycles. The van der Waals surface area contributed by atoms with Gasteiger partial charge < -0.3 is 15.8 Å². The number of fused-ring (bicyclic) bond motifs is 3. The molecule has 29 heavy (non-hydrogen) atoms. The summed E-state index contributed by atoms with van der Waals surface area (Å²) in [4.78, 5) is 25.4. The van der Waals surface area contributed by atoms with Gasteiger partial charge in [-0.15, -0.1) is 0 Å². The second kappa shape index (κ2) is 5.85. The van der Waals surface area contributed by atoms with Gasteiger partial charge in [0.15, 0.2) is 5.78 Å². The average Bonchev–Trinajstić information content (AvgIpc) is 3.03. The Morgan fingerprint density at radius 1 is 1.24 bits per heavy atom. The van der Waals surface area contributed by atoms with E-state index in [4.69, 9.17) is 10.5 Å². The molecule has 5 rings (SSSR count). The van der Waals surface area contributed by atoms with E-state index in [9.17, 15) is 9.59 Å². The lowest BCUT2D eigenvalue weighted by atomic mass is 9.43. The Hall–Kier alpha value is -1.40. The van der Waals surface area contributed by atoms with Gasteiger partial charge in [-0.25, -0.2) is 0 Å². The summed E-state index contributed by atoms with van der Waals surface area (Å²) in [6.07, 6.45) is 3.47. The van der Waals surface area contributed by atoms with Gasteiger partial charge in [0.05, 0.1) is 11.6 Å². The van der Waals surface area contributed by atoms with Crippen molar-refractivity contribution in [2.24, 2.45) is 28.4 Å². The second-order valence-electron chi connectivity index (χ2n) is 10.4. The van der Waals surface area contributed by atoms with Crippen LogP contribution in [0.2, 0.25) is 0 Å². The third kappa shape index (κ3) is 2.25. The normalized spacial score (nSPS) is 39.6. The number of rotatable bonds is 0. The Balaban J connectivity index is 1.75. The first-order chi connectivity index (χ1) is 13.5. The van der Waals surface area contributed by atoms with Crippen molar-refractivity contribution in [1.82, 2.24) is 5.32 Å². The van der Waals surface area contributed by atoms with E-state index in [1.165, 1.54) is 0 Å². The monoisotopic (exact) mass is 460 g/mol. The van der Waals surface area contributed by atoms with E-state index in [-0.39, 0.29) is 23.0 Å². The minimum Gasteiger partial charge on any atom is -0.486 e. The highest BCUT2D eigenvalue weighted by molar-refractivity contribution is 9.10. The molecule has 1 spiro atoms. The molecule has 0 bridgehead atoms. The third-order valence-electron chi connectivity index (χ3n) is 8.77. The molecule has 0 saturated heterocycles. The van der Waals surface area contributed by atoms with Gasteiger partial charge in [0.2, 0.25) is 0 Å². The van der Waals surface area contributed by atoms with E-state index >= 15 is 0 Å². The minimum atomic E-state index is -0.525. The van der Waals surface area contributed by atoms with Crippen molar-refractivity contribution in [3.05, 3.63) is 27.2 Å². The predicted molar refractivity (Wildman–Crippen MR) is 114 cm³/mol. The zero-order chi connectivity index (χ0) is 20.9. The first-order valence-electron chi connectivity index (χ1n) is 10.6. The zero-order valence-corrected chi connectivity index (χ0v) is 19.1. The third-order valence-corrected chi connectivity index (χ3v) is 9.40. The summed E-state index contributed by atoms with van der Waals surface area (Å²) in [6.45, 7) is 9.22. The van der Waals surface area contributed by atoms with Gasteiger partial charge in [0.1, 0.15) is 11.4 Å². The number of nitrogens with two attached hydrogens (primary N) is 1. The molecule has 1 aromatic rings. The molecule has 0 radical (unpaired) electrons. The maximum Gasteiger partial charge on any atom is 0.253 e. The lowest BCUT2D eigenvalue weighted by Gasteiger charge is -2.66. The number of benzene rings is 1. The molecule has 3 N–H and O–H groups in total. The number of carbonyl (C=O) groups excluding carboxylic acids is 2. The molecule has 5 nitrogen and oxygen atoms in total. The van der Waals surface area contributed by atoms with E-state index in [2.05, 4.69) is 41.2 Å². The fourth-order valence-corrected chi connectivity index (χ4v) is 7.67. The Labute approximate surface area is 180 Å². The Kier molecular flexibility index (Phi) is 3.94. The van der Waals surface area contributed by atoms with Crippen LogP contribution in [0.5, 0.6) is 5.75 Å². The van der Waals surface area contributed by atoms with Gasteiger partial charge in [-0.1, -0.05) is 27.7 Å². The smallest absolute Gasteiger partial charge is 0.253 e. The predicted octanol–water partition coefficient (Wildman–Crippen LogP) is 3.74. The molecule has 5 atom stereocenters. The van der Waals surface area contributed by atoms with Crippen LogP contribution in [0.4, 0.5) is 0 Å². The molecule has 6 heteroatoms. The summed E-state index contributed by atoms with van der Waals surface area (Å²) in [6, 6.07) is 1.54. The number of hydrogen-bond donors (Lipinski definition) is 2. The van der Waals surface area contributed by atoms with Crippen molar-refractivity contribution in [3.8, 4) is 5.75 Å². The Morgan fingerprint density at radius 2 is 1.97 bits per heavy atom. The number of carbonyl (C=O) groups is 2. The van der Waals surface area contributed by atoms with Crippen LogP contribution in [-0.4, -0.2) is 23.3 Å². The largest absolute Gasteiger partial charge is 0.486 e. The van der Waals surface area contributed by atoms with Crippen LogP contribution in [0, 0.1) is 22.7 Å². The number of hydrogen-bond acceptors (Lipinski definition) is 4. The minimum absolute atomic E-state index is 0.0616. The molecule has 1 unspecified atom stereocenters. The molecule has 1 aromatic carbocycles. The summed E-state index contributed by atoms with van der Waals surface area (Å²) < 4.78 is 7.89. The number of halogens is 1. The lowest BCUT2D eigenvalue weighted by molar-refractivity contribution is -0.211. The Bertz CT molecular complexity index is 958. The maximum absolute atomic E-state index is 13.0. The van der Waals surface area contributed by atoms with Crippen LogP contribution >= 0.6 is 15.9 Å². The first kappa shape index (κ1) is 19.6. The number of ketones is 1. The van der Waals surface area contributed by atoms with Crippen LogP contribution in [0.1, 0.15) is 68.4 Å². The second-order valence-corrected chi connectivity index (χ2v) is 11.3. The molecule has 2 saturated carbocycles. The van der Waals surface area contributed by atoms with E-state index in [1.54, 1.807) is 0 Å². The van der Waals surface area contributed by atoms with Gasteiger partial charge in [-0.2, -0.15) is 0 Å². The first-order valence-corrected chi connectivity index (χ1v) is 11.4. The fourth-order valence-electron chi connectivity index (χ4n) is 6.97. The Morgan fingerprint density at radius 3 is 2.69 bits per heavy atom. The molecule has 2 aliphatic heterocycles. The summed E-state index contributed by atoms with van der Waals surface area (Å²) in [7, 11) is 0. The van der Waals surface area contributed by atoms with Gasteiger partial charge in [-0.05, 0) is 52.7 Å². The van der Waals surface area contributed by atoms with Crippen molar-refractivity contribution in [2.45, 2.75) is 71.6 Å². The number of amides is 1. The van der Waals surface area contributed by atoms with E-state index in [0.29, 0.717) is 24.4 Å². The fraction of sp³-hybridized carbons (Fsp3) is 0.652. The van der Waals surface area contributed by atoms with Crippen LogP contribution in [0.3, 0.4) is 0 Å². The van der Waals surface area contributed by atoms with Crippen molar-refractivity contribution in [2.75, 3.05) is 0 Å². The molecule has 2 aliphatic carbocycles. The standard InChI is InChI=1S/C23H29BrN2O3/c1-11-5-6-16-21(2,3)19(27)15(25)9-23(16)22(11,4)8-12-7-14(24)17-13(18(12)29-23)10-26-20(17)28/h7,11,15-16H,5-6,8-10,25H2,1-4H3,(H,26,28)/t11-,15?,16-,22+,23-/m0/s1. The summed E-state index contributed by atoms with van der Waals surface area (Å²) in [5.41, 5.74) is 8.07. The number of nitrogens with one attached hydrogen (secondary N) is 1. The number of ether oxygens (including phenoxy) is 1. The lowest BCUT2D eigenvalue weighted by Crippen LogP contribution is -2.73. The molecule has 1 amide bonds. The van der Waals surface area contributed by atoms with Crippen LogP contribution < -0.4 is 15.8 Å².